The molecule has 0 aromatic heterocycles. The summed E-state index contributed by atoms with van der Waals surface area (Å²) in [5, 5.41) is 6.37. The van der Waals surface area contributed by atoms with E-state index in [-0.39, 0.29) is 17.9 Å². The van der Waals surface area contributed by atoms with Gasteiger partial charge in [-0.3, -0.25) is 0 Å². The quantitative estimate of drug-likeness (QED) is 0.768. The van der Waals surface area contributed by atoms with E-state index in [2.05, 4.69) is 10.6 Å². The van der Waals surface area contributed by atoms with E-state index in [4.69, 9.17) is 0 Å². The first-order valence-electron chi connectivity index (χ1n) is 9.30. The van der Waals surface area contributed by atoms with E-state index >= 15 is 0 Å². The maximum atomic E-state index is 12.9. The highest BCUT2D eigenvalue weighted by Gasteiger charge is 2.26. The second-order valence-corrected chi connectivity index (χ2v) is 6.72. The molecule has 26 heavy (non-hydrogen) atoms. The van der Waals surface area contributed by atoms with Crippen LogP contribution in [0.25, 0.3) is 0 Å². The Morgan fingerprint density at radius 2 is 1.88 bits per heavy atom. The molecular formula is C21H26FN3O. The van der Waals surface area contributed by atoms with Crippen LogP contribution in [-0.2, 0) is 6.42 Å². The summed E-state index contributed by atoms with van der Waals surface area (Å²) in [5.74, 6) is -0.192. The normalized spacial score (nSPS) is 17.1. The number of hydrogen-bond acceptors (Lipinski definition) is 2. The van der Waals surface area contributed by atoms with Gasteiger partial charge >= 0.3 is 6.03 Å². The Hall–Kier alpha value is -2.40. The molecule has 3 rings (SSSR count). The Bertz CT molecular complexity index is 690. The van der Waals surface area contributed by atoms with Crippen LogP contribution in [0.2, 0.25) is 0 Å². The highest BCUT2D eigenvalue weighted by atomic mass is 19.1. The minimum absolute atomic E-state index is 0.0266. The van der Waals surface area contributed by atoms with E-state index in [1.54, 1.807) is 0 Å². The summed E-state index contributed by atoms with van der Waals surface area (Å²) < 4.78 is 12.9. The second kappa shape index (κ2) is 9.34. The summed E-state index contributed by atoms with van der Waals surface area (Å²) in [5.41, 5.74) is 1.98. The van der Waals surface area contributed by atoms with Crippen LogP contribution >= 0.6 is 0 Å². The van der Waals surface area contributed by atoms with Crippen molar-refractivity contribution in [3.8, 4) is 0 Å². The van der Waals surface area contributed by atoms with Gasteiger partial charge in [-0.25, -0.2) is 9.18 Å². The molecule has 1 unspecified atom stereocenters. The number of halogens is 1. The first kappa shape index (κ1) is 18.4. The van der Waals surface area contributed by atoms with Crippen molar-refractivity contribution in [2.45, 2.75) is 31.7 Å². The maximum Gasteiger partial charge on any atom is 0.322 e. The largest absolute Gasteiger partial charge is 0.322 e. The van der Waals surface area contributed by atoms with Crippen molar-refractivity contribution < 1.29 is 9.18 Å². The topological polar surface area (TPSA) is 44.4 Å². The fourth-order valence-electron chi connectivity index (χ4n) is 3.36. The van der Waals surface area contributed by atoms with E-state index < -0.39 is 0 Å². The van der Waals surface area contributed by atoms with Crippen molar-refractivity contribution >= 4 is 11.7 Å². The van der Waals surface area contributed by atoms with Gasteiger partial charge in [0.1, 0.15) is 5.82 Å². The van der Waals surface area contributed by atoms with Gasteiger partial charge < -0.3 is 15.5 Å². The van der Waals surface area contributed by atoms with Gasteiger partial charge in [0.05, 0.1) is 0 Å². The van der Waals surface area contributed by atoms with Crippen LogP contribution in [0.5, 0.6) is 0 Å². The molecular weight excluding hydrogens is 329 g/mol. The summed E-state index contributed by atoms with van der Waals surface area (Å²) in [6.07, 6.45) is 3.99. The number of carbonyl (C=O) groups excluding carboxylic acids is 1. The molecule has 2 N–H and O–H groups in total. The van der Waals surface area contributed by atoms with E-state index in [0.29, 0.717) is 0 Å². The number of piperazine rings is 1. The lowest BCUT2D eigenvalue weighted by Crippen LogP contribution is -2.54. The molecule has 0 saturated carbocycles. The van der Waals surface area contributed by atoms with Crippen molar-refractivity contribution in [2.24, 2.45) is 0 Å². The molecule has 1 heterocycles. The lowest BCUT2D eigenvalue weighted by Gasteiger charge is -2.36. The third-order valence-corrected chi connectivity index (χ3v) is 4.80. The van der Waals surface area contributed by atoms with Gasteiger partial charge in [0.25, 0.3) is 0 Å². The zero-order valence-electron chi connectivity index (χ0n) is 15.0. The number of urea groups is 1. The van der Waals surface area contributed by atoms with E-state index in [1.165, 1.54) is 12.1 Å². The highest BCUT2D eigenvalue weighted by molar-refractivity contribution is 5.89. The van der Waals surface area contributed by atoms with E-state index in [1.807, 2.05) is 47.4 Å². The first-order chi connectivity index (χ1) is 12.7. The lowest BCUT2D eigenvalue weighted by atomic mass is 10.0. The van der Waals surface area contributed by atoms with Crippen LogP contribution in [0.3, 0.4) is 0 Å². The van der Waals surface area contributed by atoms with Crippen LogP contribution in [0.1, 0.15) is 24.8 Å². The average Bonchev–Trinajstić information content (AvgIpc) is 2.68. The molecule has 2 amide bonds. The van der Waals surface area contributed by atoms with Gasteiger partial charge in [0.15, 0.2) is 0 Å². The smallest absolute Gasteiger partial charge is 0.319 e. The third-order valence-electron chi connectivity index (χ3n) is 4.80. The Morgan fingerprint density at radius 3 is 2.65 bits per heavy atom. The number of para-hydroxylation sites is 1. The monoisotopic (exact) mass is 355 g/mol. The number of rotatable bonds is 6. The number of benzene rings is 2. The highest BCUT2D eigenvalue weighted by Crippen LogP contribution is 2.16. The van der Waals surface area contributed by atoms with Crippen LogP contribution in [0.4, 0.5) is 14.9 Å². The molecule has 1 atom stereocenters. The number of unbranched alkanes of at least 4 members (excludes halogenated alkanes) is 1. The minimum atomic E-state index is -0.192. The van der Waals surface area contributed by atoms with E-state index in [9.17, 15) is 9.18 Å². The number of hydrogen-bond donors (Lipinski definition) is 2. The summed E-state index contributed by atoms with van der Waals surface area (Å²) >= 11 is 0. The van der Waals surface area contributed by atoms with Crippen molar-refractivity contribution in [1.29, 1.82) is 0 Å². The van der Waals surface area contributed by atoms with Crippen molar-refractivity contribution in [2.75, 3.05) is 25.0 Å². The number of nitrogens with zero attached hydrogens (tertiary/aromatic N) is 1. The Labute approximate surface area is 154 Å². The van der Waals surface area contributed by atoms with Gasteiger partial charge in [-0.05, 0) is 49.1 Å². The molecule has 1 saturated heterocycles. The zero-order chi connectivity index (χ0) is 18.2. The Morgan fingerprint density at radius 1 is 1.12 bits per heavy atom. The molecule has 2 aromatic rings. The molecule has 0 aliphatic carbocycles. The average molecular weight is 355 g/mol. The van der Waals surface area contributed by atoms with Gasteiger partial charge in [0.2, 0.25) is 0 Å². The maximum absolute atomic E-state index is 12.9. The van der Waals surface area contributed by atoms with Gasteiger partial charge in [0, 0.05) is 31.4 Å². The predicted molar refractivity (Wildman–Crippen MR) is 103 cm³/mol. The number of carbonyl (C=O) groups is 1. The van der Waals surface area contributed by atoms with E-state index in [0.717, 1.165) is 56.6 Å². The molecule has 5 heteroatoms. The van der Waals surface area contributed by atoms with Crippen molar-refractivity contribution in [3.05, 3.63) is 66.0 Å². The van der Waals surface area contributed by atoms with Crippen molar-refractivity contribution in [1.82, 2.24) is 10.2 Å². The molecule has 0 spiro atoms. The molecule has 1 fully saturated rings. The number of nitrogens with one attached hydrogen (secondary N) is 2. The van der Waals surface area contributed by atoms with Crippen molar-refractivity contribution in [3.63, 3.8) is 0 Å². The van der Waals surface area contributed by atoms with Crippen LogP contribution in [0.15, 0.2) is 54.6 Å². The molecule has 138 valence electrons. The minimum Gasteiger partial charge on any atom is -0.319 e. The third kappa shape index (κ3) is 5.30. The number of anilines is 1. The fraction of sp³-hybridized carbons (Fsp3) is 0.381. The summed E-state index contributed by atoms with van der Waals surface area (Å²) in [6.45, 7) is 2.38. The van der Waals surface area contributed by atoms with Gasteiger partial charge in [-0.2, -0.15) is 0 Å². The number of amides is 2. The van der Waals surface area contributed by atoms with Crippen LogP contribution in [-0.4, -0.2) is 36.6 Å². The SMILES string of the molecule is O=C(Nc1ccccc1)N1CCNCC1CCCCc1ccc(F)cc1. The van der Waals surface area contributed by atoms with Crippen LogP contribution in [0, 0.1) is 5.82 Å². The molecule has 1 aliphatic rings. The molecule has 4 nitrogen and oxygen atoms in total. The Kier molecular flexibility index (Phi) is 6.61. The molecule has 0 radical (unpaired) electrons. The molecule has 1 aliphatic heterocycles. The Balaban J connectivity index is 1.47. The lowest BCUT2D eigenvalue weighted by molar-refractivity contribution is 0.164. The van der Waals surface area contributed by atoms with Gasteiger partial charge in [-0.1, -0.05) is 36.8 Å². The zero-order valence-corrected chi connectivity index (χ0v) is 15.0. The second-order valence-electron chi connectivity index (χ2n) is 6.72. The first-order valence-corrected chi connectivity index (χ1v) is 9.30. The van der Waals surface area contributed by atoms with Gasteiger partial charge in [-0.15, -0.1) is 0 Å². The summed E-state index contributed by atoms with van der Waals surface area (Å²) in [4.78, 5) is 14.6. The molecule has 2 aromatic carbocycles. The fourth-order valence-corrected chi connectivity index (χ4v) is 3.36. The summed E-state index contributed by atoms with van der Waals surface area (Å²) in [7, 11) is 0. The number of aryl methyl sites for hydroxylation is 1. The summed E-state index contributed by atoms with van der Waals surface area (Å²) in [6, 6.07) is 16.5. The predicted octanol–water partition coefficient (Wildman–Crippen LogP) is 4.04. The standard InChI is InChI=1S/C21H26FN3O/c22-18-12-10-17(11-13-18)6-4-5-9-20-16-23-14-15-25(20)21(26)24-19-7-2-1-3-8-19/h1-3,7-8,10-13,20,23H,4-6,9,14-16H2,(H,24,26). The van der Waals surface area contributed by atoms with Crippen LogP contribution < -0.4 is 10.6 Å². The molecule has 0 bridgehead atoms.